The van der Waals surface area contributed by atoms with E-state index in [2.05, 4.69) is 184 Å². The lowest BCUT2D eigenvalue weighted by molar-refractivity contribution is 0.418. The summed E-state index contributed by atoms with van der Waals surface area (Å²) < 4.78 is 6.46. The van der Waals surface area contributed by atoms with Crippen molar-refractivity contribution in [1.82, 2.24) is 0 Å². The van der Waals surface area contributed by atoms with Crippen LogP contribution in [0.4, 0.5) is 0 Å². The quantitative estimate of drug-likeness (QED) is 0.181. The lowest BCUT2D eigenvalue weighted by Crippen LogP contribution is -2.31. The highest BCUT2D eigenvalue weighted by molar-refractivity contribution is 6.08. The summed E-state index contributed by atoms with van der Waals surface area (Å²) in [5.74, 6) is 1.88. The van der Waals surface area contributed by atoms with E-state index in [0.717, 1.165) is 11.5 Å². The van der Waals surface area contributed by atoms with E-state index in [1.807, 2.05) is 0 Å². The molecule has 0 bridgehead atoms. The maximum Gasteiger partial charge on any atom is 0.131 e. The summed E-state index contributed by atoms with van der Waals surface area (Å²) in [5.41, 5.74) is 17.4. The molecule has 2 aliphatic carbocycles. The van der Waals surface area contributed by atoms with Crippen LogP contribution in [0, 0.1) is 0 Å². The number of para-hydroxylation sites is 1. The van der Waals surface area contributed by atoms with Crippen LogP contribution in [0.25, 0.3) is 55.3 Å². The van der Waals surface area contributed by atoms with Gasteiger partial charge in [0, 0.05) is 16.5 Å². The first-order valence-electron chi connectivity index (χ1n) is 17.9. The number of fused-ring (bicyclic) bond motifs is 11. The molecule has 240 valence electrons. The molecule has 0 N–H and O–H groups in total. The molecule has 8 aromatic rings. The van der Waals surface area contributed by atoms with E-state index in [9.17, 15) is 0 Å². The lowest BCUT2D eigenvalue weighted by atomic mass is 9.61. The van der Waals surface area contributed by atoms with Gasteiger partial charge in [0.15, 0.2) is 0 Å². The maximum absolute atomic E-state index is 6.46. The van der Waals surface area contributed by atoms with Gasteiger partial charge in [-0.25, -0.2) is 0 Å². The van der Waals surface area contributed by atoms with Crippen molar-refractivity contribution in [3.8, 4) is 56.0 Å². The largest absolute Gasteiger partial charge is 0.457 e. The van der Waals surface area contributed by atoms with Crippen molar-refractivity contribution in [3.63, 3.8) is 0 Å². The van der Waals surface area contributed by atoms with Crippen molar-refractivity contribution in [2.45, 2.75) is 24.7 Å². The van der Waals surface area contributed by atoms with Gasteiger partial charge in [0.1, 0.15) is 11.5 Å². The molecule has 0 fully saturated rings. The normalized spacial score (nSPS) is 16.8. The summed E-state index contributed by atoms with van der Waals surface area (Å²) in [5, 5.41) is 2.64. The second-order valence-electron chi connectivity index (χ2n) is 14.8. The molecule has 1 atom stereocenters. The first-order chi connectivity index (χ1) is 25.1. The lowest BCUT2D eigenvalue weighted by Gasteiger charge is -2.40. The monoisotopic (exact) mass is 650 g/mol. The molecular weight excluding hydrogens is 617 g/mol. The predicted molar refractivity (Wildman–Crippen MR) is 210 cm³/mol. The van der Waals surface area contributed by atoms with Gasteiger partial charge in [0.25, 0.3) is 0 Å². The van der Waals surface area contributed by atoms with Crippen LogP contribution in [-0.2, 0) is 10.8 Å². The zero-order valence-corrected chi connectivity index (χ0v) is 28.6. The second kappa shape index (κ2) is 10.2. The minimum atomic E-state index is -0.443. The van der Waals surface area contributed by atoms with Crippen LogP contribution in [0.2, 0.25) is 0 Å². The number of benzene rings is 8. The fourth-order valence-corrected chi connectivity index (χ4v) is 9.78. The Hall–Kier alpha value is -6.18. The highest BCUT2D eigenvalue weighted by Crippen LogP contribution is 2.63. The van der Waals surface area contributed by atoms with Gasteiger partial charge in [-0.1, -0.05) is 166 Å². The maximum atomic E-state index is 6.46. The van der Waals surface area contributed by atoms with Crippen molar-refractivity contribution >= 4 is 10.8 Å². The molecular formula is C50H34O. The summed E-state index contributed by atoms with van der Waals surface area (Å²) in [6.45, 7) is 4.62. The fourth-order valence-electron chi connectivity index (χ4n) is 9.78. The van der Waals surface area contributed by atoms with E-state index < -0.39 is 5.41 Å². The molecule has 1 heterocycles. The standard InChI is InChI=1S/C50H34O/c1-49(2)41-24-9-10-27-45(41)51-46-29-28-32(30-44(46)49)33-16-3-4-17-34(33)36-21-13-26-43-48(36)38-19-6-8-23-40(38)50(43)39-22-7-5-18-35(39)37-20-11-14-31-15-12-25-42(50)47(31)37/h3-30H,1-2H3. The molecule has 11 rings (SSSR count). The highest BCUT2D eigenvalue weighted by Gasteiger charge is 2.50. The third kappa shape index (κ3) is 3.65. The number of hydrogen-bond donors (Lipinski definition) is 0. The Labute approximate surface area is 298 Å². The zero-order valence-electron chi connectivity index (χ0n) is 28.6. The van der Waals surface area contributed by atoms with Crippen LogP contribution < -0.4 is 4.74 Å². The number of hydrogen-bond acceptors (Lipinski definition) is 1. The fraction of sp³-hybridized carbons (Fsp3) is 0.0800. The SMILES string of the molecule is CC1(C)c2ccccc2Oc2ccc(-c3ccccc3-c3cccc4c3-c3ccccc3C43c4ccccc4-c4cccc5cccc3c45)cc21. The van der Waals surface area contributed by atoms with Crippen molar-refractivity contribution in [2.24, 2.45) is 0 Å². The minimum absolute atomic E-state index is 0.194. The Morgan fingerprint density at radius 1 is 0.373 bits per heavy atom. The summed E-state index contributed by atoms with van der Waals surface area (Å²) in [6.07, 6.45) is 0. The van der Waals surface area contributed by atoms with Gasteiger partial charge in [0.05, 0.1) is 5.41 Å². The average molecular weight is 651 g/mol. The van der Waals surface area contributed by atoms with Crippen LogP contribution in [0.1, 0.15) is 47.2 Å². The Morgan fingerprint density at radius 2 is 0.922 bits per heavy atom. The van der Waals surface area contributed by atoms with Gasteiger partial charge in [-0.15, -0.1) is 0 Å². The van der Waals surface area contributed by atoms with Crippen LogP contribution in [-0.4, -0.2) is 0 Å². The van der Waals surface area contributed by atoms with Gasteiger partial charge >= 0.3 is 0 Å². The van der Waals surface area contributed by atoms with Gasteiger partial charge < -0.3 is 4.74 Å². The van der Waals surface area contributed by atoms with Crippen molar-refractivity contribution < 1.29 is 4.74 Å². The molecule has 0 aromatic heterocycles. The molecule has 1 heteroatoms. The van der Waals surface area contributed by atoms with E-state index >= 15 is 0 Å². The van der Waals surface area contributed by atoms with Crippen molar-refractivity contribution in [1.29, 1.82) is 0 Å². The van der Waals surface area contributed by atoms with Gasteiger partial charge in [-0.2, -0.15) is 0 Å². The molecule has 1 nitrogen and oxygen atoms in total. The van der Waals surface area contributed by atoms with Crippen LogP contribution in [0.5, 0.6) is 11.5 Å². The summed E-state index contributed by atoms with van der Waals surface area (Å²) in [7, 11) is 0. The summed E-state index contributed by atoms with van der Waals surface area (Å²) in [4.78, 5) is 0. The molecule has 3 aliphatic rings. The summed E-state index contributed by atoms with van der Waals surface area (Å²) >= 11 is 0. The smallest absolute Gasteiger partial charge is 0.131 e. The Bertz CT molecular complexity index is 2760. The second-order valence-corrected chi connectivity index (χ2v) is 14.8. The minimum Gasteiger partial charge on any atom is -0.457 e. The molecule has 1 unspecified atom stereocenters. The van der Waals surface area contributed by atoms with Crippen LogP contribution in [0.3, 0.4) is 0 Å². The van der Waals surface area contributed by atoms with Crippen LogP contribution >= 0.6 is 0 Å². The third-order valence-electron chi connectivity index (χ3n) is 12.0. The van der Waals surface area contributed by atoms with E-state index in [1.165, 1.54) is 88.7 Å². The Morgan fingerprint density at radius 3 is 1.75 bits per heavy atom. The summed E-state index contributed by atoms with van der Waals surface area (Å²) in [6, 6.07) is 63.0. The van der Waals surface area contributed by atoms with E-state index in [4.69, 9.17) is 4.74 Å². The number of ether oxygens (including phenoxy) is 1. The highest BCUT2D eigenvalue weighted by atomic mass is 16.5. The first kappa shape index (κ1) is 28.6. The van der Waals surface area contributed by atoms with E-state index in [-0.39, 0.29) is 5.41 Å². The molecule has 0 saturated carbocycles. The molecule has 1 aliphatic heterocycles. The molecule has 51 heavy (non-hydrogen) atoms. The van der Waals surface area contributed by atoms with Gasteiger partial charge in [-0.05, 0) is 95.7 Å². The number of rotatable bonds is 2. The van der Waals surface area contributed by atoms with Gasteiger partial charge in [0.2, 0.25) is 0 Å². The Balaban J connectivity index is 1.18. The van der Waals surface area contributed by atoms with Gasteiger partial charge in [-0.3, -0.25) is 0 Å². The average Bonchev–Trinajstić information content (AvgIpc) is 3.48. The molecule has 8 aromatic carbocycles. The first-order valence-corrected chi connectivity index (χ1v) is 17.9. The zero-order chi connectivity index (χ0) is 33.9. The topological polar surface area (TPSA) is 9.23 Å². The van der Waals surface area contributed by atoms with E-state index in [0.29, 0.717) is 0 Å². The predicted octanol–water partition coefficient (Wildman–Crippen LogP) is 12.9. The van der Waals surface area contributed by atoms with Crippen LogP contribution in [0.15, 0.2) is 170 Å². The van der Waals surface area contributed by atoms with E-state index in [1.54, 1.807) is 0 Å². The molecule has 0 radical (unpaired) electrons. The molecule has 0 saturated heterocycles. The molecule has 1 spiro atoms. The van der Waals surface area contributed by atoms with Crippen molar-refractivity contribution in [2.75, 3.05) is 0 Å². The third-order valence-corrected chi connectivity index (χ3v) is 12.0. The van der Waals surface area contributed by atoms with Crippen molar-refractivity contribution in [3.05, 3.63) is 203 Å². The Kier molecular flexibility index (Phi) is 5.72. The molecule has 0 amide bonds.